The summed E-state index contributed by atoms with van der Waals surface area (Å²) in [5.74, 6) is 0.483. The standard InChI is InChI=1S/C14H17NO4/c1-17-13(16)10-2-3-12-11(8-10)14(4-6-19-12)9-18-7-5-15-14/h2-3,8,15H,4-7,9H2,1H3/t14-/m1/s1. The lowest BCUT2D eigenvalue weighted by molar-refractivity contribution is 0.00556. The van der Waals surface area contributed by atoms with Crippen LogP contribution in [0.2, 0.25) is 0 Å². The van der Waals surface area contributed by atoms with Crippen LogP contribution in [0.5, 0.6) is 5.75 Å². The third-order valence-electron chi connectivity index (χ3n) is 3.76. The Labute approximate surface area is 111 Å². The van der Waals surface area contributed by atoms with Gasteiger partial charge in [-0.3, -0.25) is 0 Å². The first-order valence-corrected chi connectivity index (χ1v) is 6.44. The summed E-state index contributed by atoms with van der Waals surface area (Å²) >= 11 is 0. The van der Waals surface area contributed by atoms with Gasteiger partial charge in [0.2, 0.25) is 0 Å². The van der Waals surface area contributed by atoms with Gasteiger partial charge in [-0.25, -0.2) is 4.79 Å². The van der Waals surface area contributed by atoms with Crippen LogP contribution in [0.1, 0.15) is 22.3 Å². The Bertz CT molecular complexity index is 494. The number of hydrogen-bond donors (Lipinski definition) is 1. The van der Waals surface area contributed by atoms with Gasteiger partial charge in [-0.2, -0.15) is 0 Å². The van der Waals surface area contributed by atoms with Gasteiger partial charge < -0.3 is 19.5 Å². The zero-order chi connectivity index (χ0) is 13.3. The summed E-state index contributed by atoms with van der Waals surface area (Å²) in [6.07, 6.45) is 0.838. The molecule has 19 heavy (non-hydrogen) atoms. The van der Waals surface area contributed by atoms with Gasteiger partial charge in [0.05, 0.1) is 38.0 Å². The zero-order valence-electron chi connectivity index (χ0n) is 10.9. The average molecular weight is 263 g/mol. The van der Waals surface area contributed by atoms with Gasteiger partial charge in [0.25, 0.3) is 0 Å². The van der Waals surface area contributed by atoms with E-state index in [-0.39, 0.29) is 11.5 Å². The van der Waals surface area contributed by atoms with Crippen molar-refractivity contribution in [2.45, 2.75) is 12.0 Å². The van der Waals surface area contributed by atoms with E-state index in [9.17, 15) is 4.79 Å². The SMILES string of the molecule is COC(=O)c1ccc2c(c1)[C@@]1(CCO2)COCCN1. The second kappa shape index (κ2) is 4.83. The normalized spacial score (nSPS) is 25.5. The van der Waals surface area contributed by atoms with E-state index in [1.807, 2.05) is 12.1 Å². The smallest absolute Gasteiger partial charge is 0.337 e. The lowest BCUT2D eigenvalue weighted by atomic mass is 9.83. The number of hydrogen-bond acceptors (Lipinski definition) is 5. The number of rotatable bonds is 1. The molecule has 3 rings (SSSR count). The summed E-state index contributed by atoms with van der Waals surface area (Å²) in [6.45, 7) is 2.78. The average Bonchev–Trinajstić information content (AvgIpc) is 2.47. The third kappa shape index (κ3) is 2.09. The highest BCUT2D eigenvalue weighted by atomic mass is 16.5. The molecule has 1 aromatic carbocycles. The summed E-state index contributed by atoms with van der Waals surface area (Å²) in [5.41, 5.74) is 1.29. The van der Waals surface area contributed by atoms with Crippen LogP contribution in [0, 0.1) is 0 Å². The van der Waals surface area contributed by atoms with E-state index >= 15 is 0 Å². The van der Waals surface area contributed by atoms with E-state index in [0.29, 0.717) is 25.4 Å². The number of benzene rings is 1. The van der Waals surface area contributed by atoms with Crippen molar-refractivity contribution >= 4 is 5.97 Å². The second-order valence-electron chi connectivity index (χ2n) is 4.86. The number of methoxy groups -OCH3 is 1. The van der Waals surface area contributed by atoms with Crippen LogP contribution in [0.3, 0.4) is 0 Å². The van der Waals surface area contributed by atoms with Crippen molar-refractivity contribution in [2.24, 2.45) is 0 Å². The Kier molecular flexibility index (Phi) is 3.16. The molecule has 0 aliphatic carbocycles. The summed E-state index contributed by atoms with van der Waals surface area (Å²) in [6, 6.07) is 5.41. The van der Waals surface area contributed by atoms with Crippen molar-refractivity contribution in [3.8, 4) is 5.75 Å². The molecule has 2 heterocycles. The molecular weight excluding hydrogens is 246 g/mol. The number of ether oxygens (including phenoxy) is 3. The molecule has 1 atom stereocenters. The number of fused-ring (bicyclic) bond motifs is 2. The summed E-state index contributed by atoms with van der Waals surface area (Å²) in [5, 5.41) is 3.52. The van der Waals surface area contributed by atoms with Crippen molar-refractivity contribution in [1.82, 2.24) is 5.32 Å². The molecule has 1 aromatic rings. The maximum Gasteiger partial charge on any atom is 0.337 e. The quantitative estimate of drug-likeness (QED) is 0.768. The molecular formula is C14H17NO4. The first-order valence-electron chi connectivity index (χ1n) is 6.44. The van der Waals surface area contributed by atoms with Gasteiger partial charge in [-0.05, 0) is 18.2 Å². The number of carbonyl (C=O) groups is 1. The fourth-order valence-electron chi connectivity index (χ4n) is 2.74. The van der Waals surface area contributed by atoms with Gasteiger partial charge in [-0.1, -0.05) is 0 Å². The van der Waals surface area contributed by atoms with Crippen LogP contribution in [0.15, 0.2) is 18.2 Å². The van der Waals surface area contributed by atoms with Crippen molar-refractivity contribution in [3.63, 3.8) is 0 Å². The lowest BCUT2D eigenvalue weighted by Crippen LogP contribution is -2.54. The molecule has 0 radical (unpaired) electrons. The molecule has 2 aliphatic rings. The first kappa shape index (κ1) is 12.4. The van der Waals surface area contributed by atoms with Crippen LogP contribution in [-0.4, -0.2) is 39.4 Å². The maximum atomic E-state index is 11.7. The fourth-order valence-corrected chi connectivity index (χ4v) is 2.74. The molecule has 5 heteroatoms. The van der Waals surface area contributed by atoms with E-state index < -0.39 is 0 Å². The molecule has 1 fully saturated rings. The molecule has 0 saturated carbocycles. The van der Waals surface area contributed by atoms with Gasteiger partial charge in [0, 0.05) is 18.5 Å². The third-order valence-corrected chi connectivity index (χ3v) is 3.76. The minimum absolute atomic E-state index is 0.240. The summed E-state index contributed by atoms with van der Waals surface area (Å²) in [7, 11) is 1.38. The first-order chi connectivity index (χ1) is 9.25. The van der Waals surface area contributed by atoms with E-state index in [0.717, 1.165) is 24.3 Å². The van der Waals surface area contributed by atoms with Gasteiger partial charge >= 0.3 is 5.97 Å². The predicted molar refractivity (Wildman–Crippen MR) is 68.4 cm³/mol. The Balaban J connectivity index is 2.03. The number of nitrogens with one attached hydrogen (secondary N) is 1. The summed E-state index contributed by atoms with van der Waals surface area (Å²) < 4.78 is 16.1. The van der Waals surface area contributed by atoms with E-state index in [4.69, 9.17) is 14.2 Å². The molecule has 5 nitrogen and oxygen atoms in total. The van der Waals surface area contributed by atoms with Gasteiger partial charge in [0.15, 0.2) is 0 Å². The second-order valence-corrected chi connectivity index (χ2v) is 4.86. The van der Waals surface area contributed by atoms with Crippen LogP contribution >= 0.6 is 0 Å². The number of carbonyl (C=O) groups excluding carboxylic acids is 1. The monoisotopic (exact) mass is 263 g/mol. The topological polar surface area (TPSA) is 56.8 Å². The minimum atomic E-state index is -0.333. The Hall–Kier alpha value is -1.59. The molecule has 102 valence electrons. The van der Waals surface area contributed by atoms with E-state index in [1.54, 1.807) is 6.07 Å². The van der Waals surface area contributed by atoms with Crippen LogP contribution in [-0.2, 0) is 15.0 Å². The maximum absolute atomic E-state index is 11.7. The van der Waals surface area contributed by atoms with E-state index in [2.05, 4.69) is 5.32 Å². The van der Waals surface area contributed by atoms with Crippen LogP contribution in [0.4, 0.5) is 0 Å². The van der Waals surface area contributed by atoms with Crippen molar-refractivity contribution < 1.29 is 19.0 Å². The fraction of sp³-hybridized carbons (Fsp3) is 0.500. The zero-order valence-corrected chi connectivity index (χ0v) is 10.9. The van der Waals surface area contributed by atoms with Gasteiger partial charge in [-0.15, -0.1) is 0 Å². The van der Waals surface area contributed by atoms with Crippen molar-refractivity contribution in [2.75, 3.05) is 33.5 Å². The molecule has 0 unspecified atom stereocenters. The van der Waals surface area contributed by atoms with Crippen molar-refractivity contribution in [1.29, 1.82) is 0 Å². The Morgan fingerprint density at radius 1 is 1.42 bits per heavy atom. The molecule has 1 saturated heterocycles. The number of esters is 1. The lowest BCUT2D eigenvalue weighted by Gasteiger charge is -2.42. The molecule has 2 aliphatic heterocycles. The number of morpholine rings is 1. The Morgan fingerprint density at radius 2 is 2.32 bits per heavy atom. The Morgan fingerprint density at radius 3 is 3.05 bits per heavy atom. The van der Waals surface area contributed by atoms with Crippen LogP contribution < -0.4 is 10.1 Å². The van der Waals surface area contributed by atoms with Crippen LogP contribution in [0.25, 0.3) is 0 Å². The molecule has 1 N–H and O–H groups in total. The van der Waals surface area contributed by atoms with Gasteiger partial charge in [0.1, 0.15) is 5.75 Å². The van der Waals surface area contributed by atoms with E-state index in [1.165, 1.54) is 7.11 Å². The highest BCUT2D eigenvalue weighted by molar-refractivity contribution is 5.89. The molecule has 0 bridgehead atoms. The highest BCUT2D eigenvalue weighted by Crippen LogP contribution is 2.38. The summed E-state index contributed by atoms with van der Waals surface area (Å²) in [4.78, 5) is 11.7. The minimum Gasteiger partial charge on any atom is -0.493 e. The largest absolute Gasteiger partial charge is 0.493 e. The molecule has 1 spiro atoms. The predicted octanol–water partition coefficient (Wildman–Crippen LogP) is 1.07. The molecule has 0 aromatic heterocycles. The highest BCUT2D eigenvalue weighted by Gasteiger charge is 2.39. The van der Waals surface area contributed by atoms with Crippen molar-refractivity contribution in [3.05, 3.63) is 29.3 Å². The molecule has 0 amide bonds.